The molecular weight excluding hydrogens is 546 g/mol. The van der Waals surface area contributed by atoms with Crippen molar-refractivity contribution in [1.82, 2.24) is 9.78 Å². The zero-order valence-corrected chi connectivity index (χ0v) is 24.6. The SMILES string of the molecule is CC(C(=O)OC(=O)SCCF)[C@H]1CC[C@H]2[C@@H]3CCC4=Cc5c(cnn5-c5ccc(F)cc5)CC4(C)[C@H]3[C@@H](O)C[C@]12C. The Hall–Kier alpha value is -2.52. The lowest BCUT2D eigenvalue weighted by atomic mass is 9.45. The van der Waals surface area contributed by atoms with Gasteiger partial charge in [-0.2, -0.15) is 5.10 Å². The van der Waals surface area contributed by atoms with E-state index >= 15 is 0 Å². The molecule has 4 aliphatic rings. The summed E-state index contributed by atoms with van der Waals surface area (Å²) in [6, 6.07) is 6.37. The maximum Gasteiger partial charge on any atom is 0.375 e. The fraction of sp³-hybridized carbons (Fsp3) is 0.594. The van der Waals surface area contributed by atoms with Gasteiger partial charge in [0, 0.05) is 5.75 Å². The van der Waals surface area contributed by atoms with E-state index in [2.05, 4.69) is 25.0 Å². The topological polar surface area (TPSA) is 81.4 Å². The molecule has 9 heteroatoms. The molecule has 1 aromatic heterocycles. The van der Waals surface area contributed by atoms with E-state index in [1.165, 1.54) is 17.7 Å². The summed E-state index contributed by atoms with van der Waals surface area (Å²) < 4.78 is 32.9. The number of hydrogen-bond acceptors (Lipinski definition) is 6. The quantitative estimate of drug-likeness (QED) is 0.308. The third-order valence-electron chi connectivity index (χ3n) is 11.0. The predicted molar refractivity (Wildman–Crippen MR) is 154 cm³/mol. The molecule has 0 spiro atoms. The molecule has 6 nitrogen and oxygen atoms in total. The number of carbonyl (C=O) groups excluding carboxylic acids is 2. The van der Waals surface area contributed by atoms with E-state index in [4.69, 9.17) is 4.74 Å². The molecule has 2 aromatic rings. The van der Waals surface area contributed by atoms with E-state index in [9.17, 15) is 23.5 Å². The van der Waals surface area contributed by atoms with Crippen molar-refractivity contribution in [3.8, 4) is 5.69 Å². The Morgan fingerprint density at radius 2 is 1.98 bits per heavy atom. The number of aliphatic hydroxyl groups excluding tert-OH is 1. The van der Waals surface area contributed by atoms with Gasteiger partial charge in [-0.15, -0.1) is 0 Å². The normalized spacial score (nSPS) is 34.5. The van der Waals surface area contributed by atoms with Crippen molar-refractivity contribution < 1.29 is 28.2 Å². The monoisotopic (exact) mass is 584 g/mol. The molecular formula is C32H38F2N2O4S. The molecule has 8 atom stereocenters. The maximum atomic E-state index is 13.5. The Labute approximate surface area is 243 Å². The summed E-state index contributed by atoms with van der Waals surface area (Å²) in [5.74, 6) is -0.531. The van der Waals surface area contributed by atoms with E-state index in [0.717, 1.165) is 49.0 Å². The van der Waals surface area contributed by atoms with Crippen LogP contribution in [-0.2, 0) is 16.0 Å². The number of fused-ring (bicyclic) bond motifs is 6. The van der Waals surface area contributed by atoms with E-state index in [1.54, 1.807) is 12.1 Å². The Morgan fingerprint density at radius 3 is 2.71 bits per heavy atom. The number of nitrogens with zero attached hydrogens (tertiary/aromatic N) is 2. The molecule has 1 N–H and O–H groups in total. The zero-order valence-electron chi connectivity index (χ0n) is 23.8. The first-order valence-corrected chi connectivity index (χ1v) is 15.7. The number of esters is 1. The lowest BCUT2D eigenvalue weighted by Gasteiger charge is -2.60. The standard InChI is InChI=1S/C32H38F2N2O4S/c1-18(29(38)40-30(39)41-13-12-33)24-10-11-25-23-9-4-20-14-26-19(17-35-36(26)22-7-5-21(34)6-8-22)15-31(20,2)28(23)27(37)16-32(24,25)3/h5-8,14,17-18,23-25,27-28,37H,4,9-13,15-16H2,1-3H3/t18?,23-,24+,25-,27-,28+,31?,32+/m0/s1. The average Bonchev–Trinajstić information content (AvgIpc) is 3.49. The van der Waals surface area contributed by atoms with Gasteiger partial charge in [0.15, 0.2) is 0 Å². The Morgan fingerprint density at radius 1 is 1.22 bits per heavy atom. The van der Waals surface area contributed by atoms with Crippen LogP contribution in [0.3, 0.4) is 0 Å². The molecule has 2 unspecified atom stereocenters. The first-order valence-electron chi connectivity index (χ1n) is 14.7. The van der Waals surface area contributed by atoms with E-state index in [0.29, 0.717) is 30.0 Å². The maximum absolute atomic E-state index is 13.5. The second-order valence-corrected chi connectivity index (χ2v) is 14.0. The number of ether oxygens (including phenoxy) is 1. The first kappa shape index (κ1) is 28.6. The van der Waals surface area contributed by atoms with Gasteiger partial charge in [0.05, 0.1) is 36.3 Å². The van der Waals surface area contributed by atoms with Gasteiger partial charge in [-0.05, 0) is 121 Å². The van der Waals surface area contributed by atoms with Gasteiger partial charge >= 0.3 is 11.3 Å². The minimum absolute atomic E-state index is 0.00576. The molecule has 3 fully saturated rings. The van der Waals surface area contributed by atoms with Crippen molar-refractivity contribution in [2.24, 2.45) is 40.4 Å². The molecule has 0 amide bonds. The van der Waals surface area contributed by atoms with Gasteiger partial charge in [0.1, 0.15) is 5.82 Å². The summed E-state index contributed by atoms with van der Waals surface area (Å²) in [6.07, 6.45) is 8.80. The van der Waals surface area contributed by atoms with Crippen LogP contribution in [0.1, 0.15) is 64.1 Å². The van der Waals surface area contributed by atoms with Crippen LogP contribution in [0.4, 0.5) is 13.6 Å². The Bertz CT molecular complexity index is 1380. The van der Waals surface area contributed by atoms with Crippen molar-refractivity contribution in [3.05, 3.63) is 53.1 Å². The number of hydrogen-bond donors (Lipinski definition) is 1. The van der Waals surface area contributed by atoms with Crippen molar-refractivity contribution >= 4 is 29.1 Å². The van der Waals surface area contributed by atoms with E-state index in [1.807, 2.05) is 17.8 Å². The Kier molecular flexibility index (Phi) is 7.42. The van der Waals surface area contributed by atoms with Crippen molar-refractivity contribution in [3.63, 3.8) is 0 Å². The van der Waals surface area contributed by atoms with Gasteiger partial charge < -0.3 is 9.84 Å². The lowest BCUT2D eigenvalue weighted by Crippen LogP contribution is -2.57. The van der Waals surface area contributed by atoms with Crippen LogP contribution in [-0.4, -0.2) is 44.7 Å². The molecule has 0 radical (unpaired) electrons. The highest BCUT2D eigenvalue weighted by molar-refractivity contribution is 8.13. The van der Waals surface area contributed by atoms with Crippen LogP contribution < -0.4 is 0 Å². The molecule has 4 aliphatic carbocycles. The number of rotatable bonds is 5. The van der Waals surface area contributed by atoms with Gasteiger partial charge in [0.25, 0.3) is 0 Å². The molecule has 0 bridgehead atoms. The van der Waals surface area contributed by atoms with Crippen molar-refractivity contribution in [2.45, 2.75) is 65.4 Å². The van der Waals surface area contributed by atoms with Gasteiger partial charge in [-0.1, -0.05) is 26.3 Å². The molecule has 1 aromatic carbocycles. The van der Waals surface area contributed by atoms with Crippen molar-refractivity contribution in [1.29, 1.82) is 0 Å². The van der Waals surface area contributed by atoms with Crippen LogP contribution >= 0.6 is 11.8 Å². The summed E-state index contributed by atoms with van der Waals surface area (Å²) in [5, 5.41) is 15.8. The highest BCUT2D eigenvalue weighted by Crippen LogP contribution is 2.67. The average molecular weight is 585 g/mol. The number of thioether (sulfide) groups is 1. The number of allylic oxidation sites excluding steroid dienone is 1. The summed E-state index contributed by atoms with van der Waals surface area (Å²) in [5.41, 5.74) is 3.90. The third-order valence-corrected chi connectivity index (χ3v) is 11.7. The highest BCUT2D eigenvalue weighted by Gasteiger charge is 2.63. The molecule has 220 valence electrons. The number of halogens is 2. The zero-order chi connectivity index (χ0) is 29.1. The number of aliphatic hydroxyl groups is 1. The summed E-state index contributed by atoms with van der Waals surface area (Å²) in [7, 11) is 0. The molecule has 1 heterocycles. The van der Waals surface area contributed by atoms with Crippen molar-refractivity contribution in [2.75, 3.05) is 12.4 Å². The first-order chi connectivity index (χ1) is 19.6. The number of carbonyl (C=O) groups is 2. The van der Waals surface area contributed by atoms with E-state index < -0.39 is 30.0 Å². The van der Waals surface area contributed by atoms with Crippen LogP contribution in [0.15, 0.2) is 36.0 Å². The number of alkyl halides is 1. The van der Waals surface area contributed by atoms with Gasteiger partial charge in [-0.3, -0.25) is 9.18 Å². The van der Waals surface area contributed by atoms with Crippen LogP contribution in [0.25, 0.3) is 11.8 Å². The fourth-order valence-corrected chi connectivity index (χ4v) is 9.71. The lowest BCUT2D eigenvalue weighted by molar-refractivity contribution is -0.151. The molecule has 6 rings (SSSR count). The number of benzene rings is 1. The minimum Gasteiger partial charge on any atom is -0.393 e. The molecule has 41 heavy (non-hydrogen) atoms. The largest absolute Gasteiger partial charge is 0.393 e. The summed E-state index contributed by atoms with van der Waals surface area (Å²) in [6.45, 7) is 5.70. The van der Waals surface area contributed by atoms with Gasteiger partial charge in [-0.25, -0.2) is 13.9 Å². The summed E-state index contributed by atoms with van der Waals surface area (Å²) >= 11 is 0.685. The third kappa shape index (κ3) is 4.67. The predicted octanol–water partition coefficient (Wildman–Crippen LogP) is 6.78. The fourth-order valence-electron chi connectivity index (χ4n) is 9.32. The second kappa shape index (κ2) is 10.6. The Balaban J connectivity index is 1.24. The highest BCUT2D eigenvalue weighted by atomic mass is 32.2. The van der Waals surface area contributed by atoms with Gasteiger partial charge in [0.2, 0.25) is 0 Å². The minimum atomic E-state index is -0.748. The van der Waals surface area contributed by atoms with Crippen LogP contribution in [0.2, 0.25) is 0 Å². The number of aromatic nitrogens is 2. The molecule has 0 saturated heterocycles. The summed E-state index contributed by atoms with van der Waals surface area (Å²) in [4.78, 5) is 24.9. The molecule has 0 aliphatic heterocycles. The smallest absolute Gasteiger partial charge is 0.375 e. The van der Waals surface area contributed by atoms with E-state index in [-0.39, 0.29) is 34.2 Å². The molecule has 3 saturated carbocycles. The van der Waals surface area contributed by atoms with Crippen LogP contribution in [0.5, 0.6) is 0 Å². The van der Waals surface area contributed by atoms with Crippen LogP contribution in [0, 0.1) is 46.2 Å². The second-order valence-electron chi connectivity index (χ2n) is 13.0.